The Morgan fingerprint density at radius 2 is 1.90 bits per heavy atom. The molecule has 0 heterocycles. The maximum Gasteiger partial charge on any atom is 0.163 e. The fourth-order valence-corrected chi connectivity index (χ4v) is 3.16. The number of Topliss-reactive ketones (excluding diaryl/α,β-unsaturated/α-hetero) is 1. The molecule has 21 heavy (non-hydrogen) atoms. The first-order valence-electron chi connectivity index (χ1n) is 6.76. The summed E-state index contributed by atoms with van der Waals surface area (Å²) in [7, 11) is 1.60. The van der Waals surface area contributed by atoms with Gasteiger partial charge in [0.2, 0.25) is 0 Å². The lowest BCUT2D eigenvalue weighted by atomic mass is 9.78. The highest BCUT2D eigenvalue weighted by atomic mass is 35.5. The molecule has 0 aliphatic heterocycles. The number of hydrogen-bond acceptors (Lipinski definition) is 2. The molecule has 2 aromatic rings. The molecular weight excluding hydrogens is 307 g/mol. The average Bonchev–Trinajstić information content (AvgIpc) is 2.50. The van der Waals surface area contributed by atoms with E-state index in [4.69, 9.17) is 27.9 Å². The van der Waals surface area contributed by atoms with Gasteiger partial charge in [0.15, 0.2) is 5.78 Å². The first kappa shape index (κ1) is 14.4. The predicted molar refractivity (Wildman–Crippen MR) is 84.9 cm³/mol. The van der Waals surface area contributed by atoms with Crippen LogP contribution in [0.3, 0.4) is 0 Å². The highest BCUT2D eigenvalue weighted by molar-refractivity contribution is 6.42. The van der Waals surface area contributed by atoms with E-state index < -0.39 is 0 Å². The van der Waals surface area contributed by atoms with E-state index >= 15 is 0 Å². The zero-order valence-electron chi connectivity index (χ0n) is 11.5. The second kappa shape index (κ2) is 5.70. The third-order valence-electron chi connectivity index (χ3n) is 3.94. The summed E-state index contributed by atoms with van der Waals surface area (Å²) in [5.41, 5.74) is 2.87. The van der Waals surface area contributed by atoms with E-state index in [2.05, 4.69) is 0 Å². The summed E-state index contributed by atoms with van der Waals surface area (Å²) in [5.74, 6) is 1.04. The number of benzene rings is 2. The van der Waals surface area contributed by atoms with E-state index in [1.165, 1.54) is 0 Å². The Labute approximate surface area is 133 Å². The Kier molecular flexibility index (Phi) is 3.92. The minimum Gasteiger partial charge on any atom is -0.497 e. The van der Waals surface area contributed by atoms with Crippen LogP contribution in [0.15, 0.2) is 36.4 Å². The van der Waals surface area contributed by atoms with Crippen LogP contribution in [0.4, 0.5) is 0 Å². The molecule has 0 aromatic heterocycles. The minimum atomic E-state index is 0.165. The first-order valence-corrected chi connectivity index (χ1v) is 7.52. The molecule has 2 nitrogen and oxygen atoms in total. The van der Waals surface area contributed by atoms with E-state index in [1.54, 1.807) is 13.2 Å². The maximum absolute atomic E-state index is 12.1. The summed E-state index contributed by atoms with van der Waals surface area (Å²) >= 11 is 12.1. The van der Waals surface area contributed by atoms with Crippen molar-refractivity contribution in [3.63, 3.8) is 0 Å². The van der Waals surface area contributed by atoms with Gasteiger partial charge < -0.3 is 4.74 Å². The Hall–Kier alpha value is -1.51. The van der Waals surface area contributed by atoms with Gasteiger partial charge in [-0.2, -0.15) is 0 Å². The molecule has 2 aromatic carbocycles. The lowest BCUT2D eigenvalue weighted by Crippen LogP contribution is -2.16. The van der Waals surface area contributed by atoms with E-state index in [-0.39, 0.29) is 11.7 Å². The second-order valence-corrected chi connectivity index (χ2v) is 5.96. The third kappa shape index (κ3) is 2.66. The molecule has 1 atom stereocenters. The number of halogens is 2. The fraction of sp³-hybridized carbons (Fsp3) is 0.235. The maximum atomic E-state index is 12.1. The van der Waals surface area contributed by atoms with Crippen LogP contribution in [0.2, 0.25) is 10.0 Å². The predicted octanol–water partition coefficient (Wildman–Crippen LogP) is 5.11. The molecule has 0 amide bonds. The summed E-state index contributed by atoms with van der Waals surface area (Å²) in [6.07, 6.45) is 1.32. The lowest BCUT2D eigenvalue weighted by molar-refractivity contribution is 0.0969. The van der Waals surface area contributed by atoms with Crippen molar-refractivity contribution in [1.82, 2.24) is 0 Å². The van der Waals surface area contributed by atoms with Gasteiger partial charge in [-0.05, 0) is 41.8 Å². The van der Waals surface area contributed by atoms with Crippen molar-refractivity contribution in [2.24, 2.45) is 0 Å². The van der Waals surface area contributed by atoms with Crippen LogP contribution >= 0.6 is 23.2 Å². The van der Waals surface area contributed by atoms with Crippen LogP contribution < -0.4 is 4.74 Å². The molecule has 0 bridgehead atoms. The van der Waals surface area contributed by atoms with Gasteiger partial charge in [-0.25, -0.2) is 0 Å². The molecule has 1 unspecified atom stereocenters. The minimum absolute atomic E-state index is 0.165. The molecule has 0 N–H and O–H groups in total. The number of rotatable bonds is 2. The molecule has 108 valence electrons. The van der Waals surface area contributed by atoms with Crippen molar-refractivity contribution in [2.75, 3.05) is 7.11 Å². The van der Waals surface area contributed by atoms with E-state index in [9.17, 15) is 4.79 Å². The summed E-state index contributed by atoms with van der Waals surface area (Å²) in [5, 5.41) is 1.09. The highest BCUT2D eigenvalue weighted by Crippen LogP contribution is 2.39. The summed E-state index contributed by atoms with van der Waals surface area (Å²) in [4.78, 5) is 12.1. The van der Waals surface area contributed by atoms with E-state index in [0.29, 0.717) is 22.2 Å². The number of ether oxygens (including phenoxy) is 1. The molecule has 0 spiro atoms. The van der Waals surface area contributed by atoms with Crippen LogP contribution in [0, 0.1) is 0 Å². The second-order valence-electron chi connectivity index (χ2n) is 5.14. The van der Waals surface area contributed by atoms with Gasteiger partial charge >= 0.3 is 0 Å². The number of carbonyl (C=O) groups is 1. The zero-order valence-corrected chi connectivity index (χ0v) is 13.0. The molecule has 1 aliphatic rings. The summed E-state index contributed by atoms with van der Waals surface area (Å²) in [6, 6.07) is 11.3. The van der Waals surface area contributed by atoms with Crippen molar-refractivity contribution in [3.8, 4) is 5.75 Å². The largest absolute Gasteiger partial charge is 0.497 e. The summed E-state index contributed by atoms with van der Waals surface area (Å²) < 4.78 is 5.21. The first-order chi connectivity index (χ1) is 10.1. The zero-order chi connectivity index (χ0) is 15.0. The Balaban J connectivity index is 2.08. The van der Waals surface area contributed by atoms with E-state index in [0.717, 1.165) is 23.1 Å². The molecule has 1 aliphatic carbocycles. The number of fused-ring (bicyclic) bond motifs is 1. The van der Waals surface area contributed by atoms with Gasteiger partial charge in [0.1, 0.15) is 5.75 Å². The number of methoxy groups -OCH3 is 1. The smallest absolute Gasteiger partial charge is 0.163 e. The Bertz CT molecular complexity index is 710. The molecule has 0 saturated heterocycles. The van der Waals surface area contributed by atoms with Crippen molar-refractivity contribution >= 4 is 29.0 Å². The van der Waals surface area contributed by atoms with Crippen molar-refractivity contribution < 1.29 is 9.53 Å². The van der Waals surface area contributed by atoms with Crippen molar-refractivity contribution in [1.29, 1.82) is 0 Å². The molecule has 0 fully saturated rings. The number of ketones is 1. The molecule has 0 saturated carbocycles. The van der Waals surface area contributed by atoms with Crippen molar-refractivity contribution in [3.05, 3.63) is 63.1 Å². The molecular formula is C17H14Cl2O2. The van der Waals surface area contributed by atoms with Crippen LogP contribution in [0.5, 0.6) is 5.75 Å². The van der Waals surface area contributed by atoms with Crippen LogP contribution in [-0.4, -0.2) is 12.9 Å². The third-order valence-corrected chi connectivity index (χ3v) is 4.68. The van der Waals surface area contributed by atoms with Gasteiger partial charge in [-0.1, -0.05) is 35.3 Å². The monoisotopic (exact) mass is 320 g/mol. The Morgan fingerprint density at radius 1 is 1.10 bits per heavy atom. The molecule has 3 rings (SSSR count). The molecule has 4 heteroatoms. The van der Waals surface area contributed by atoms with Crippen LogP contribution in [-0.2, 0) is 0 Å². The van der Waals surface area contributed by atoms with Crippen LogP contribution in [0.1, 0.15) is 40.2 Å². The Morgan fingerprint density at radius 3 is 2.62 bits per heavy atom. The normalized spacial score (nSPS) is 17.5. The van der Waals surface area contributed by atoms with Crippen molar-refractivity contribution in [2.45, 2.75) is 18.8 Å². The lowest BCUT2D eigenvalue weighted by Gasteiger charge is -2.25. The number of hydrogen-bond donors (Lipinski definition) is 0. The van der Waals surface area contributed by atoms with E-state index in [1.807, 2.05) is 30.3 Å². The van der Waals surface area contributed by atoms with Gasteiger partial charge in [0.25, 0.3) is 0 Å². The van der Waals surface area contributed by atoms with Gasteiger partial charge in [0, 0.05) is 17.9 Å². The number of carbonyl (C=O) groups excluding carboxylic acids is 1. The van der Waals surface area contributed by atoms with Crippen LogP contribution in [0.25, 0.3) is 0 Å². The van der Waals surface area contributed by atoms with Gasteiger partial charge in [-0.15, -0.1) is 0 Å². The molecule has 0 radical (unpaired) electrons. The summed E-state index contributed by atoms with van der Waals surface area (Å²) in [6.45, 7) is 0. The topological polar surface area (TPSA) is 26.3 Å². The fourth-order valence-electron chi connectivity index (χ4n) is 2.85. The average molecular weight is 321 g/mol. The highest BCUT2D eigenvalue weighted by Gasteiger charge is 2.27. The van der Waals surface area contributed by atoms with Gasteiger partial charge in [0.05, 0.1) is 17.2 Å². The quantitative estimate of drug-likeness (QED) is 0.768. The van der Waals surface area contributed by atoms with Gasteiger partial charge in [-0.3, -0.25) is 4.79 Å². The SMILES string of the molecule is COc1ccc2c(c1)C(=O)CCC2c1ccc(Cl)c(Cl)c1. The standard InChI is InChI=1S/C17H14Cl2O2/c1-21-11-3-4-13-12(5-7-17(20)14(13)9-11)10-2-6-15(18)16(19)8-10/h2-4,6,8-9,12H,5,7H2,1H3.